The van der Waals surface area contributed by atoms with Crippen molar-refractivity contribution in [2.45, 2.75) is 38.3 Å². The number of nitrogens with zero attached hydrogens (tertiary/aromatic N) is 4. The summed E-state index contributed by atoms with van der Waals surface area (Å²) in [7, 11) is 2.04. The van der Waals surface area contributed by atoms with Gasteiger partial charge in [0.25, 0.3) is 0 Å². The first-order chi connectivity index (χ1) is 7.25. The molecule has 82 valence electrons. The summed E-state index contributed by atoms with van der Waals surface area (Å²) >= 11 is 0. The third-order valence-electron chi connectivity index (χ3n) is 2.92. The lowest BCUT2D eigenvalue weighted by Gasteiger charge is -2.29. The van der Waals surface area contributed by atoms with Gasteiger partial charge in [0.1, 0.15) is 5.78 Å². The van der Waals surface area contributed by atoms with Crippen LogP contribution >= 0.6 is 0 Å². The van der Waals surface area contributed by atoms with Crippen LogP contribution in [0.5, 0.6) is 0 Å². The Hall–Kier alpha value is -1.30. The first-order valence-corrected chi connectivity index (χ1v) is 5.20. The molecule has 0 aliphatic heterocycles. The molecule has 1 aromatic heterocycles. The van der Waals surface area contributed by atoms with Gasteiger partial charge in [-0.15, -0.1) is 10.2 Å². The van der Waals surface area contributed by atoms with Crippen LogP contribution in [0.25, 0.3) is 0 Å². The molecule has 1 aliphatic carbocycles. The van der Waals surface area contributed by atoms with Gasteiger partial charge in [-0.2, -0.15) is 5.21 Å². The Bertz CT molecular complexity index is 313. The molecular formula is C9H15N5O. The molecule has 0 amide bonds. The second-order valence-electron chi connectivity index (χ2n) is 4.01. The van der Waals surface area contributed by atoms with Gasteiger partial charge in [-0.3, -0.25) is 9.69 Å². The number of hydrogen-bond acceptors (Lipinski definition) is 5. The standard InChI is InChI=1S/C9H15N5O/c1-14(6-9-10-12-13-11-9)7-2-4-8(15)5-3-7/h7H,2-6H2,1H3,(H,10,11,12,13). The van der Waals surface area contributed by atoms with Crippen LogP contribution in [0.1, 0.15) is 31.5 Å². The Morgan fingerprint density at radius 3 is 2.80 bits per heavy atom. The first kappa shape index (κ1) is 10.2. The van der Waals surface area contributed by atoms with Gasteiger partial charge in [0, 0.05) is 18.9 Å². The summed E-state index contributed by atoms with van der Waals surface area (Å²) in [5.41, 5.74) is 0. The number of H-pyrrole nitrogens is 1. The Kier molecular flexibility index (Phi) is 3.05. The van der Waals surface area contributed by atoms with Crippen LogP contribution in [0.2, 0.25) is 0 Å². The maximum Gasteiger partial charge on any atom is 0.188 e. The summed E-state index contributed by atoms with van der Waals surface area (Å²) < 4.78 is 0. The van der Waals surface area contributed by atoms with E-state index < -0.39 is 0 Å². The molecular weight excluding hydrogens is 194 g/mol. The third-order valence-corrected chi connectivity index (χ3v) is 2.92. The molecule has 1 aromatic rings. The van der Waals surface area contributed by atoms with Crippen molar-refractivity contribution >= 4 is 5.78 Å². The predicted octanol–water partition coefficient (Wildman–Crippen LogP) is 0.143. The molecule has 0 atom stereocenters. The van der Waals surface area contributed by atoms with E-state index >= 15 is 0 Å². The van der Waals surface area contributed by atoms with Gasteiger partial charge in [-0.1, -0.05) is 5.21 Å². The number of ketones is 1. The van der Waals surface area contributed by atoms with E-state index in [0.717, 1.165) is 12.8 Å². The zero-order valence-corrected chi connectivity index (χ0v) is 8.81. The predicted molar refractivity (Wildman–Crippen MR) is 52.9 cm³/mol. The van der Waals surface area contributed by atoms with Crippen molar-refractivity contribution in [3.63, 3.8) is 0 Å². The summed E-state index contributed by atoms with van der Waals surface area (Å²) in [6.07, 6.45) is 3.32. The quantitative estimate of drug-likeness (QED) is 0.766. The van der Waals surface area contributed by atoms with E-state index in [2.05, 4.69) is 25.5 Å². The Morgan fingerprint density at radius 1 is 1.47 bits per heavy atom. The summed E-state index contributed by atoms with van der Waals surface area (Å²) in [6, 6.07) is 0.473. The highest BCUT2D eigenvalue weighted by molar-refractivity contribution is 5.79. The van der Waals surface area contributed by atoms with Gasteiger partial charge < -0.3 is 0 Å². The minimum absolute atomic E-state index is 0.388. The van der Waals surface area contributed by atoms with Crippen LogP contribution in [-0.2, 0) is 11.3 Å². The maximum absolute atomic E-state index is 11.1. The van der Waals surface area contributed by atoms with Crippen molar-refractivity contribution in [1.82, 2.24) is 25.5 Å². The number of Topliss-reactive ketones (excluding diaryl/α,β-unsaturated/α-hetero) is 1. The largest absolute Gasteiger partial charge is 0.300 e. The van der Waals surface area contributed by atoms with Crippen molar-refractivity contribution in [3.05, 3.63) is 5.82 Å². The lowest BCUT2D eigenvalue weighted by Crippen LogP contribution is -2.35. The van der Waals surface area contributed by atoms with Crippen molar-refractivity contribution in [2.75, 3.05) is 7.05 Å². The van der Waals surface area contributed by atoms with Gasteiger partial charge in [0.2, 0.25) is 0 Å². The molecule has 0 radical (unpaired) electrons. The minimum atomic E-state index is 0.388. The number of tetrazole rings is 1. The Morgan fingerprint density at radius 2 is 2.20 bits per heavy atom. The third kappa shape index (κ3) is 2.59. The Balaban J connectivity index is 1.85. The molecule has 2 rings (SSSR count). The summed E-state index contributed by atoms with van der Waals surface area (Å²) in [5, 5.41) is 13.8. The fourth-order valence-corrected chi connectivity index (χ4v) is 1.97. The van der Waals surface area contributed by atoms with Gasteiger partial charge in [-0.25, -0.2) is 0 Å². The van der Waals surface area contributed by atoms with E-state index in [0.29, 0.717) is 37.0 Å². The highest BCUT2D eigenvalue weighted by Gasteiger charge is 2.22. The van der Waals surface area contributed by atoms with Gasteiger partial charge in [0.15, 0.2) is 5.82 Å². The van der Waals surface area contributed by atoms with E-state index in [-0.39, 0.29) is 0 Å². The van der Waals surface area contributed by atoms with Gasteiger partial charge in [0.05, 0.1) is 6.54 Å². The molecule has 0 saturated heterocycles. The molecule has 6 heteroatoms. The van der Waals surface area contributed by atoms with Crippen molar-refractivity contribution in [1.29, 1.82) is 0 Å². The van der Waals surface area contributed by atoms with Gasteiger partial charge in [-0.05, 0) is 19.9 Å². The number of nitrogens with one attached hydrogen (secondary N) is 1. The fourth-order valence-electron chi connectivity index (χ4n) is 1.97. The molecule has 1 fully saturated rings. The lowest BCUT2D eigenvalue weighted by atomic mass is 9.93. The molecule has 15 heavy (non-hydrogen) atoms. The zero-order chi connectivity index (χ0) is 10.7. The fraction of sp³-hybridized carbons (Fsp3) is 0.778. The monoisotopic (exact) mass is 209 g/mol. The molecule has 1 heterocycles. The molecule has 1 aliphatic rings. The van der Waals surface area contributed by atoms with E-state index in [1.807, 2.05) is 7.05 Å². The lowest BCUT2D eigenvalue weighted by molar-refractivity contribution is -0.121. The summed E-state index contributed by atoms with van der Waals surface area (Å²) in [6.45, 7) is 0.690. The average Bonchev–Trinajstić information content (AvgIpc) is 2.71. The normalized spacial score (nSPS) is 18.7. The van der Waals surface area contributed by atoms with E-state index in [1.54, 1.807) is 0 Å². The molecule has 0 bridgehead atoms. The maximum atomic E-state index is 11.1. The number of aromatic nitrogens is 4. The number of carbonyl (C=O) groups is 1. The van der Waals surface area contributed by atoms with Crippen molar-refractivity contribution in [3.8, 4) is 0 Å². The molecule has 0 aromatic carbocycles. The SMILES string of the molecule is CN(Cc1nn[nH]n1)C1CCC(=O)CC1. The first-order valence-electron chi connectivity index (χ1n) is 5.20. The molecule has 0 spiro atoms. The average molecular weight is 209 g/mol. The summed E-state index contributed by atoms with van der Waals surface area (Å²) in [5.74, 6) is 1.09. The minimum Gasteiger partial charge on any atom is -0.300 e. The Labute approximate surface area is 88.0 Å². The van der Waals surface area contributed by atoms with Crippen LogP contribution in [0.4, 0.5) is 0 Å². The van der Waals surface area contributed by atoms with Crippen LogP contribution < -0.4 is 0 Å². The van der Waals surface area contributed by atoms with Crippen molar-refractivity contribution < 1.29 is 4.79 Å². The van der Waals surface area contributed by atoms with Crippen LogP contribution in [0.3, 0.4) is 0 Å². The van der Waals surface area contributed by atoms with Crippen LogP contribution in [0, 0.1) is 0 Å². The highest BCUT2D eigenvalue weighted by Crippen LogP contribution is 2.20. The van der Waals surface area contributed by atoms with Crippen molar-refractivity contribution in [2.24, 2.45) is 0 Å². The number of rotatable bonds is 3. The van der Waals surface area contributed by atoms with E-state index in [9.17, 15) is 4.79 Å². The number of hydrogen-bond donors (Lipinski definition) is 1. The molecule has 1 saturated carbocycles. The molecule has 0 unspecified atom stereocenters. The second-order valence-corrected chi connectivity index (χ2v) is 4.01. The smallest absolute Gasteiger partial charge is 0.188 e. The second kappa shape index (κ2) is 4.48. The van der Waals surface area contributed by atoms with Gasteiger partial charge >= 0.3 is 0 Å². The topological polar surface area (TPSA) is 74.8 Å². The molecule has 6 nitrogen and oxygen atoms in total. The summed E-state index contributed by atoms with van der Waals surface area (Å²) in [4.78, 5) is 13.3. The van der Waals surface area contributed by atoms with Crippen LogP contribution in [0.15, 0.2) is 0 Å². The zero-order valence-electron chi connectivity index (χ0n) is 8.81. The number of carbonyl (C=O) groups excluding carboxylic acids is 1. The van der Waals surface area contributed by atoms with E-state index in [1.165, 1.54) is 0 Å². The van der Waals surface area contributed by atoms with E-state index in [4.69, 9.17) is 0 Å². The molecule has 1 N–H and O–H groups in total. The highest BCUT2D eigenvalue weighted by atomic mass is 16.1. The number of aromatic amines is 1. The van der Waals surface area contributed by atoms with Crippen LogP contribution in [-0.4, -0.2) is 44.4 Å².